The molecule has 95 valence electrons. The molecule has 1 nitrogen and oxygen atoms in total. The Kier molecular flexibility index (Phi) is 3.22. The van der Waals surface area contributed by atoms with E-state index in [1.54, 1.807) is 0 Å². The fraction of sp³-hybridized carbons (Fsp3) is 0.222. The van der Waals surface area contributed by atoms with Gasteiger partial charge in [0.1, 0.15) is 0 Å². The number of hydrogen-bond acceptors (Lipinski definition) is 0. The van der Waals surface area contributed by atoms with Crippen molar-refractivity contribution >= 4 is 21.5 Å². The third kappa shape index (κ3) is 2.11. The summed E-state index contributed by atoms with van der Waals surface area (Å²) < 4.78 is 0. The van der Waals surface area contributed by atoms with Gasteiger partial charge in [0.15, 0.2) is 0 Å². The van der Waals surface area contributed by atoms with Crippen LogP contribution in [0.15, 0.2) is 54.6 Å². The third-order valence-corrected chi connectivity index (χ3v) is 3.91. The van der Waals surface area contributed by atoms with Gasteiger partial charge in [-0.1, -0.05) is 49.4 Å². The van der Waals surface area contributed by atoms with Crippen molar-refractivity contribution in [3.05, 3.63) is 60.2 Å². The van der Waals surface area contributed by atoms with Gasteiger partial charge in [-0.3, -0.25) is 0 Å². The summed E-state index contributed by atoms with van der Waals surface area (Å²) in [5.41, 5.74) is 1.20. The van der Waals surface area contributed by atoms with Gasteiger partial charge in [0, 0.05) is 5.92 Å². The van der Waals surface area contributed by atoms with Gasteiger partial charge in [-0.25, -0.2) is 5.11 Å². The summed E-state index contributed by atoms with van der Waals surface area (Å²) >= 11 is 0. The number of benzene rings is 3. The molecule has 0 amide bonds. The molecule has 3 aromatic carbocycles. The quantitative estimate of drug-likeness (QED) is 0.587. The highest BCUT2D eigenvalue weighted by molar-refractivity contribution is 5.99. The van der Waals surface area contributed by atoms with Crippen LogP contribution >= 0.6 is 0 Å². The molecule has 0 aromatic heterocycles. The van der Waals surface area contributed by atoms with Gasteiger partial charge in [0.25, 0.3) is 0 Å². The molecule has 19 heavy (non-hydrogen) atoms. The maximum Gasteiger partial charge on any atom is 0.0890 e. The monoisotopic (exact) mass is 249 g/mol. The van der Waals surface area contributed by atoms with E-state index in [0.29, 0.717) is 0 Å². The Hall–Kier alpha value is -1.86. The smallest absolute Gasteiger partial charge is 0.0890 e. The summed E-state index contributed by atoms with van der Waals surface area (Å²) in [6.45, 7) is 2.05. The second-order valence-electron chi connectivity index (χ2n) is 5.04. The molecule has 0 fully saturated rings. The van der Waals surface area contributed by atoms with Gasteiger partial charge in [-0.2, -0.15) is 0 Å². The Morgan fingerprint density at radius 3 is 2.26 bits per heavy atom. The molecular weight excluding hydrogens is 232 g/mol. The van der Waals surface area contributed by atoms with E-state index in [0.717, 1.165) is 6.42 Å². The number of hydrogen-bond donors (Lipinski definition) is 0. The van der Waals surface area contributed by atoms with Crippen molar-refractivity contribution in [2.24, 2.45) is 0 Å². The molecule has 1 atom stereocenters. The molecule has 0 saturated heterocycles. The first kappa shape index (κ1) is 12.2. The molecule has 0 aliphatic heterocycles. The fourth-order valence-corrected chi connectivity index (χ4v) is 2.77. The van der Waals surface area contributed by atoms with Crippen molar-refractivity contribution in [1.82, 2.24) is 0 Å². The second kappa shape index (κ2) is 5.02. The lowest BCUT2D eigenvalue weighted by Crippen LogP contribution is -2.02. The molecule has 3 rings (SSSR count). The van der Waals surface area contributed by atoms with Crippen molar-refractivity contribution in [2.75, 3.05) is 6.61 Å². The lowest BCUT2D eigenvalue weighted by molar-refractivity contribution is 0.170. The van der Waals surface area contributed by atoms with E-state index in [2.05, 4.69) is 61.5 Å². The van der Waals surface area contributed by atoms with E-state index < -0.39 is 0 Å². The molecule has 0 aliphatic carbocycles. The van der Waals surface area contributed by atoms with E-state index in [9.17, 15) is 5.11 Å². The van der Waals surface area contributed by atoms with E-state index >= 15 is 0 Å². The minimum atomic E-state index is -0.0392. The van der Waals surface area contributed by atoms with E-state index in [-0.39, 0.29) is 12.5 Å². The normalized spacial score (nSPS) is 12.9. The predicted molar refractivity (Wildman–Crippen MR) is 80.0 cm³/mol. The Morgan fingerprint density at radius 1 is 0.895 bits per heavy atom. The third-order valence-electron chi connectivity index (χ3n) is 3.91. The standard InChI is InChI=1S/C18H17O/c1-2-13(12-19)17-9-5-8-16-10-14-6-3-4-7-15(14)11-18(16)17/h3-11,13H,2,12H2,1H3. The molecule has 0 bridgehead atoms. The van der Waals surface area contributed by atoms with Crippen molar-refractivity contribution in [1.29, 1.82) is 0 Å². The van der Waals surface area contributed by atoms with Crippen LogP contribution in [0.3, 0.4) is 0 Å². The minimum Gasteiger partial charge on any atom is -0.236 e. The van der Waals surface area contributed by atoms with Gasteiger partial charge < -0.3 is 0 Å². The van der Waals surface area contributed by atoms with Gasteiger partial charge in [-0.05, 0) is 45.7 Å². The molecule has 3 aromatic rings. The second-order valence-corrected chi connectivity index (χ2v) is 5.04. The van der Waals surface area contributed by atoms with Crippen molar-refractivity contribution in [3.63, 3.8) is 0 Å². The summed E-state index contributed by atoms with van der Waals surface area (Å²) in [4.78, 5) is 0. The summed E-state index contributed by atoms with van der Waals surface area (Å²) in [6.07, 6.45) is 0.898. The average molecular weight is 249 g/mol. The summed E-state index contributed by atoms with van der Waals surface area (Å²) in [7, 11) is 0. The Labute approximate surface area is 113 Å². The first-order valence-electron chi connectivity index (χ1n) is 6.83. The summed E-state index contributed by atoms with van der Waals surface area (Å²) in [6, 6.07) is 19.1. The molecule has 1 radical (unpaired) electrons. The van der Waals surface area contributed by atoms with Crippen LogP contribution in [-0.2, 0) is 5.11 Å². The van der Waals surface area contributed by atoms with Crippen LogP contribution in [0.25, 0.3) is 21.5 Å². The zero-order valence-electron chi connectivity index (χ0n) is 11.1. The maximum absolute atomic E-state index is 11.4. The van der Waals surface area contributed by atoms with Crippen LogP contribution < -0.4 is 0 Å². The van der Waals surface area contributed by atoms with E-state index in [4.69, 9.17) is 0 Å². The lowest BCUT2D eigenvalue weighted by atomic mass is 9.91. The molecular formula is C18H17O. The average Bonchev–Trinajstić information content (AvgIpc) is 2.46. The highest BCUT2D eigenvalue weighted by atomic mass is 16.3. The zero-order chi connectivity index (χ0) is 13.2. The van der Waals surface area contributed by atoms with Crippen molar-refractivity contribution < 1.29 is 5.11 Å². The van der Waals surface area contributed by atoms with Crippen LogP contribution in [0.5, 0.6) is 0 Å². The maximum atomic E-state index is 11.4. The summed E-state index contributed by atoms with van der Waals surface area (Å²) in [5.74, 6) is 0.116. The number of fused-ring (bicyclic) bond motifs is 2. The van der Waals surface area contributed by atoms with Gasteiger partial charge >= 0.3 is 0 Å². The highest BCUT2D eigenvalue weighted by Gasteiger charge is 2.12. The topological polar surface area (TPSA) is 19.9 Å². The molecule has 0 saturated carbocycles. The molecule has 1 heteroatoms. The molecule has 1 unspecified atom stereocenters. The lowest BCUT2D eigenvalue weighted by Gasteiger charge is -2.15. The number of rotatable bonds is 3. The van der Waals surface area contributed by atoms with Crippen LogP contribution in [-0.4, -0.2) is 6.61 Å². The fourth-order valence-electron chi connectivity index (χ4n) is 2.77. The minimum absolute atomic E-state index is 0.0392. The Balaban J connectivity index is 2.31. The molecule has 0 N–H and O–H groups in total. The summed E-state index contributed by atoms with van der Waals surface area (Å²) in [5, 5.41) is 16.3. The predicted octanol–water partition coefficient (Wildman–Crippen LogP) is 4.92. The SMILES string of the molecule is CCC(C[O])c1cccc2cc3ccccc3cc12. The van der Waals surface area contributed by atoms with Crippen LogP contribution in [0, 0.1) is 0 Å². The van der Waals surface area contributed by atoms with Crippen molar-refractivity contribution in [2.45, 2.75) is 19.3 Å². The molecule has 0 spiro atoms. The Morgan fingerprint density at radius 2 is 1.58 bits per heavy atom. The van der Waals surface area contributed by atoms with E-state index in [1.807, 2.05) is 0 Å². The molecule has 0 aliphatic rings. The van der Waals surface area contributed by atoms with Gasteiger partial charge in [-0.15, -0.1) is 0 Å². The van der Waals surface area contributed by atoms with Crippen LogP contribution in [0.1, 0.15) is 24.8 Å². The molecule has 0 heterocycles. The van der Waals surface area contributed by atoms with Crippen molar-refractivity contribution in [3.8, 4) is 0 Å². The largest absolute Gasteiger partial charge is 0.236 e. The van der Waals surface area contributed by atoms with Gasteiger partial charge in [0.2, 0.25) is 0 Å². The Bertz CT molecular complexity index is 711. The van der Waals surface area contributed by atoms with Gasteiger partial charge in [0.05, 0.1) is 6.61 Å². The first-order valence-corrected chi connectivity index (χ1v) is 6.83. The van der Waals surface area contributed by atoms with E-state index in [1.165, 1.54) is 27.1 Å². The zero-order valence-corrected chi connectivity index (χ0v) is 11.1. The van der Waals surface area contributed by atoms with Crippen LogP contribution in [0.2, 0.25) is 0 Å². The first-order chi connectivity index (χ1) is 9.33. The highest BCUT2D eigenvalue weighted by Crippen LogP contribution is 2.30. The van der Waals surface area contributed by atoms with Crippen LogP contribution in [0.4, 0.5) is 0 Å².